The predicted molar refractivity (Wildman–Crippen MR) is 49.1 cm³/mol. The lowest BCUT2D eigenvalue weighted by Gasteiger charge is -1.90. The van der Waals surface area contributed by atoms with Crippen LogP contribution in [-0.2, 0) is 6.42 Å². The molecule has 0 aromatic carbocycles. The Morgan fingerprint density at radius 3 is 3.00 bits per heavy atom. The standard InChI is InChI=1S/C7H11N7/c8-3-1-2-5-11-7(14-12-5)6-9-4-10-13-6/h4H,1-3,8H2,(H,9,10,13)(H,11,12,14). The summed E-state index contributed by atoms with van der Waals surface area (Å²) in [6, 6.07) is 0. The van der Waals surface area contributed by atoms with Crippen LogP contribution in [0.15, 0.2) is 6.33 Å². The minimum Gasteiger partial charge on any atom is -0.330 e. The van der Waals surface area contributed by atoms with Crippen molar-refractivity contribution in [1.29, 1.82) is 0 Å². The fraction of sp³-hybridized carbons (Fsp3) is 0.429. The first-order valence-corrected chi connectivity index (χ1v) is 4.37. The molecule has 0 aliphatic carbocycles. The van der Waals surface area contributed by atoms with Crippen molar-refractivity contribution < 1.29 is 0 Å². The molecule has 0 unspecified atom stereocenters. The van der Waals surface area contributed by atoms with E-state index < -0.39 is 0 Å². The van der Waals surface area contributed by atoms with Gasteiger partial charge in [0.2, 0.25) is 5.82 Å². The number of H-pyrrole nitrogens is 2. The van der Waals surface area contributed by atoms with Gasteiger partial charge in [0.1, 0.15) is 12.2 Å². The number of nitrogens with two attached hydrogens (primary N) is 1. The lowest BCUT2D eigenvalue weighted by molar-refractivity contribution is 0.785. The van der Waals surface area contributed by atoms with Crippen LogP contribution < -0.4 is 5.73 Å². The highest BCUT2D eigenvalue weighted by atomic mass is 15.3. The molecular formula is C7H11N7. The van der Waals surface area contributed by atoms with Gasteiger partial charge >= 0.3 is 0 Å². The summed E-state index contributed by atoms with van der Waals surface area (Å²) in [5.74, 6) is 1.93. The van der Waals surface area contributed by atoms with Gasteiger partial charge in [0.15, 0.2) is 5.82 Å². The molecule has 0 saturated heterocycles. The summed E-state index contributed by atoms with van der Waals surface area (Å²) in [5.41, 5.74) is 5.39. The Morgan fingerprint density at radius 1 is 1.36 bits per heavy atom. The van der Waals surface area contributed by atoms with Gasteiger partial charge in [-0.2, -0.15) is 10.2 Å². The van der Waals surface area contributed by atoms with Gasteiger partial charge < -0.3 is 5.73 Å². The summed E-state index contributed by atoms with van der Waals surface area (Å²) >= 11 is 0. The molecule has 2 aromatic rings. The number of aromatic amines is 2. The lowest BCUT2D eigenvalue weighted by atomic mass is 10.3. The van der Waals surface area contributed by atoms with Crippen LogP contribution in [0.25, 0.3) is 11.6 Å². The first-order valence-electron chi connectivity index (χ1n) is 4.37. The van der Waals surface area contributed by atoms with Crippen LogP contribution in [0.1, 0.15) is 12.2 Å². The number of hydrogen-bond acceptors (Lipinski definition) is 5. The molecule has 0 aliphatic heterocycles. The van der Waals surface area contributed by atoms with E-state index in [1.807, 2.05) is 0 Å². The maximum Gasteiger partial charge on any atom is 0.218 e. The van der Waals surface area contributed by atoms with Crippen molar-refractivity contribution in [3.05, 3.63) is 12.2 Å². The molecule has 0 aliphatic rings. The number of aryl methyl sites for hydroxylation is 1. The third-order valence-electron chi connectivity index (χ3n) is 1.78. The minimum atomic E-state index is 0.537. The summed E-state index contributed by atoms with van der Waals surface area (Å²) in [6.45, 7) is 0.651. The molecule has 7 heteroatoms. The average Bonchev–Trinajstić information content (AvgIpc) is 2.85. The topological polar surface area (TPSA) is 109 Å². The van der Waals surface area contributed by atoms with Crippen molar-refractivity contribution >= 4 is 0 Å². The van der Waals surface area contributed by atoms with Gasteiger partial charge in [0.05, 0.1) is 0 Å². The van der Waals surface area contributed by atoms with Gasteiger partial charge in [-0.05, 0) is 13.0 Å². The number of rotatable bonds is 4. The van der Waals surface area contributed by atoms with E-state index in [4.69, 9.17) is 5.73 Å². The first-order chi connectivity index (χ1) is 6.90. The van der Waals surface area contributed by atoms with E-state index >= 15 is 0 Å². The predicted octanol–water partition coefficient (Wildman–Crippen LogP) is -0.519. The van der Waals surface area contributed by atoms with Gasteiger partial charge in [-0.1, -0.05) is 0 Å². The highest BCUT2D eigenvalue weighted by Crippen LogP contribution is 2.06. The second-order valence-corrected chi connectivity index (χ2v) is 2.83. The maximum absolute atomic E-state index is 5.39. The average molecular weight is 193 g/mol. The SMILES string of the molecule is NCCCc1nc(-c2ncn[nH]2)n[nH]1. The second-order valence-electron chi connectivity index (χ2n) is 2.83. The van der Waals surface area contributed by atoms with Crippen molar-refractivity contribution in [2.24, 2.45) is 5.73 Å². The van der Waals surface area contributed by atoms with E-state index in [-0.39, 0.29) is 0 Å². The van der Waals surface area contributed by atoms with Gasteiger partial charge in [0, 0.05) is 6.42 Å². The third kappa shape index (κ3) is 1.77. The number of nitrogens with one attached hydrogen (secondary N) is 2. The Balaban J connectivity index is 2.10. The zero-order valence-corrected chi connectivity index (χ0v) is 7.56. The van der Waals surface area contributed by atoms with Gasteiger partial charge in [0.25, 0.3) is 0 Å². The molecule has 74 valence electrons. The quantitative estimate of drug-likeness (QED) is 0.605. The summed E-state index contributed by atoms with van der Waals surface area (Å²) < 4.78 is 0. The first kappa shape index (κ1) is 8.82. The molecule has 0 bridgehead atoms. The van der Waals surface area contributed by atoms with Crippen LogP contribution in [0, 0.1) is 0 Å². The number of nitrogens with zero attached hydrogens (tertiary/aromatic N) is 4. The van der Waals surface area contributed by atoms with Gasteiger partial charge in [-0.15, -0.1) is 0 Å². The molecule has 2 aromatic heterocycles. The van der Waals surface area contributed by atoms with E-state index in [9.17, 15) is 0 Å². The van der Waals surface area contributed by atoms with Crippen molar-refractivity contribution in [2.75, 3.05) is 6.54 Å². The Bertz CT molecular complexity index is 376. The molecule has 14 heavy (non-hydrogen) atoms. The molecule has 0 spiro atoms. The molecular weight excluding hydrogens is 182 g/mol. The van der Waals surface area contributed by atoms with E-state index in [0.29, 0.717) is 18.2 Å². The lowest BCUT2D eigenvalue weighted by Crippen LogP contribution is -2.01. The minimum absolute atomic E-state index is 0.537. The second kappa shape index (κ2) is 3.97. The largest absolute Gasteiger partial charge is 0.330 e. The monoisotopic (exact) mass is 193 g/mol. The van der Waals surface area contributed by atoms with Crippen LogP contribution in [0.3, 0.4) is 0 Å². The van der Waals surface area contributed by atoms with Crippen molar-refractivity contribution in [1.82, 2.24) is 30.4 Å². The van der Waals surface area contributed by atoms with Gasteiger partial charge in [-0.3, -0.25) is 10.2 Å². The van der Waals surface area contributed by atoms with Crippen LogP contribution in [0.2, 0.25) is 0 Å². The molecule has 0 atom stereocenters. The Morgan fingerprint density at radius 2 is 2.29 bits per heavy atom. The summed E-state index contributed by atoms with van der Waals surface area (Å²) in [7, 11) is 0. The van der Waals surface area contributed by atoms with E-state index in [2.05, 4.69) is 30.4 Å². The molecule has 4 N–H and O–H groups in total. The van der Waals surface area contributed by atoms with Crippen LogP contribution in [0.5, 0.6) is 0 Å². The van der Waals surface area contributed by atoms with Crippen molar-refractivity contribution in [3.63, 3.8) is 0 Å². The smallest absolute Gasteiger partial charge is 0.218 e. The van der Waals surface area contributed by atoms with E-state index in [1.54, 1.807) is 0 Å². The maximum atomic E-state index is 5.39. The highest BCUT2D eigenvalue weighted by molar-refractivity contribution is 5.40. The fourth-order valence-electron chi connectivity index (χ4n) is 1.10. The number of hydrogen-bond donors (Lipinski definition) is 3. The molecule has 7 nitrogen and oxygen atoms in total. The molecule has 2 rings (SSSR count). The van der Waals surface area contributed by atoms with Crippen LogP contribution >= 0.6 is 0 Å². The fourth-order valence-corrected chi connectivity index (χ4v) is 1.10. The molecule has 0 amide bonds. The Kier molecular flexibility index (Phi) is 2.50. The van der Waals surface area contributed by atoms with E-state index in [0.717, 1.165) is 18.7 Å². The zero-order valence-electron chi connectivity index (χ0n) is 7.56. The van der Waals surface area contributed by atoms with Crippen LogP contribution in [0.4, 0.5) is 0 Å². The highest BCUT2D eigenvalue weighted by Gasteiger charge is 2.07. The van der Waals surface area contributed by atoms with Gasteiger partial charge in [-0.25, -0.2) is 9.97 Å². The third-order valence-corrected chi connectivity index (χ3v) is 1.78. The molecule has 0 fully saturated rings. The normalized spacial score (nSPS) is 10.6. The Hall–Kier alpha value is -1.76. The summed E-state index contributed by atoms with van der Waals surface area (Å²) in [6.07, 6.45) is 3.12. The zero-order chi connectivity index (χ0) is 9.80. The molecule has 2 heterocycles. The summed E-state index contributed by atoms with van der Waals surface area (Å²) in [4.78, 5) is 8.18. The van der Waals surface area contributed by atoms with Crippen LogP contribution in [-0.4, -0.2) is 36.9 Å². The molecule has 0 radical (unpaired) electrons. The Labute approximate surface area is 80.2 Å². The van der Waals surface area contributed by atoms with E-state index in [1.165, 1.54) is 6.33 Å². The van der Waals surface area contributed by atoms with Crippen molar-refractivity contribution in [3.8, 4) is 11.6 Å². The molecule has 0 saturated carbocycles. The summed E-state index contributed by atoms with van der Waals surface area (Å²) in [5, 5.41) is 13.2. The number of aromatic nitrogens is 6. The van der Waals surface area contributed by atoms with Crippen molar-refractivity contribution in [2.45, 2.75) is 12.8 Å².